The molecule has 0 bridgehead atoms. The van der Waals surface area contributed by atoms with Gasteiger partial charge in [-0.25, -0.2) is 0 Å². The summed E-state index contributed by atoms with van der Waals surface area (Å²) in [7, 11) is 1.59. The van der Waals surface area contributed by atoms with Gasteiger partial charge in [0, 0.05) is 6.54 Å². The molecular weight excluding hydrogens is 202 g/mol. The molecule has 1 amide bonds. The van der Waals surface area contributed by atoms with Crippen LogP contribution in [0.4, 0.5) is 0 Å². The first kappa shape index (κ1) is 12.6. The quantitative estimate of drug-likeness (QED) is 0.848. The van der Waals surface area contributed by atoms with Gasteiger partial charge in [0.05, 0.1) is 12.7 Å². The van der Waals surface area contributed by atoms with Crippen molar-refractivity contribution in [3.63, 3.8) is 0 Å². The molecule has 16 heavy (non-hydrogen) atoms. The predicted octanol–water partition coefficient (Wildman–Crippen LogP) is 2.45. The van der Waals surface area contributed by atoms with E-state index >= 15 is 0 Å². The number of rotatable bonds is 4. The Morgan fingerprint density at radius 2 is 2.06 bits per heavy atom. The topological polar surface area (TPSA) is 38.3 Å². The number of amides is 1. The molecule has 1 rings (SSSR count). The van der Waals surface area contributed by atoms with E-state index in [0.29, 0.717) is 17.9 Å². The fourth-order valence-corrected chi connectivity index (χ4v) is 1.71. The van der Waals surface area contributed by atoms with Crippen LogP contribution in [-0.4, -0.2) is 19.6 Å². The van der Waals surface area contributed by atoms with Crippen LogP contribution >= 0.6 is 0 Å². The second kappa shape index (κ2) is 5.54. The van der Waals surface area contributed by atoms with Crippen LogP contribution in [0, 0.1) is 13.8 Å². The molecule has 0 unspecified atom stereocenters. The van der Waals surface area contributed by atoms with E-state index in [1.165, 1.54) is 0 Å². The standard InChI is InChI=1S/C13H19NO2/c1-5-6-14-13(15)12-10(3)7-9(2)8-11(12)16-4/h7-8H,5-6H2,1-4H3,(H,14,15). The van der Waals surface area contributed by atoms with E-state index in [0.717, 1.165) is 17.5 Å². The molecule has 1 N–H and O–H groups in total. The molecule has 0 aliphatic heterocycles. The van der Waals surface area contributed by atoms with Crippen LogP contribution in [0.25, 0.3) is 0 Å². The molecule has 0 heterocycles. The van der Waals surface area contributed by atoms with Crippen molar-refractivity contribution in [2.45, 2.75) is 27.2 Å². The predicted molar refractivity (Wildman–Crippen MR) is 65.1 cm³/mol. The highest BCUT2D eigenvalue weighted by Crippen LogP contribution is 2.23. The summed E-state index contributed by atoms with van der Waals surface area (Å²) < 4.78 is 5.25. The zero-order valence-corrected chi connectivity index (χ0v) is 10.4. The lowest BCUT2D eigenvalue weighted by Crippen LogP contribution is -2.25. The first-order valence-electron chi connectivity index (χ1n) is 5.53. The van der Waals surface area contributed by atoms with E-state index in [1.807, 2.05) is 32.9 Å². The van der Waals surface area contributed by atoms with Gasteiger partial charge in [-0.05, 0) is 37.5 Å². The number of carbonyl (C=O) groups is 1. The SMILES string of the molecule is CCCNC(=O)c1c(C)cc(C)cc1OC. The second-order valence-corrected chi connectivity index (χ2v) is 3.91. The fraction of sp³-hybridized carbons (Fsp3) is 0.462. The molecule has 1 aromatic rings. The summed E-state index contributed by atoms with van der Waals surface area (Å²) in [5, 5.41) is 2.86. The Bertz CT molecular complexity index is 386. The maximum absolute atomic E-state index is 11.9. The Kier molecular flexibility index (Phi) is 4.35. The summed E-state index contributed by atoms with van der Waals surface area (Å²) in [5.41, 5.74) is 2.69. The average molecular weight is 221 g/mol. The highest BCUT2D eigenvalue weighted by Gasteiger charge is 2.14. The molecule has 3 heteroatoms. The molecule has 0 saturated heterocycles. The lowest BCUT2D eigenvalue weighted by atomic mass is 10.0. The van der Waals surface area contributed by atoms with Crippen molar-refractivity contribution in [3.05, 3.63) is 28.8 Å². The summed E-state index contributed by atoms with van der Waals surface area (Å²) in [6.45, 7) is 6.63. The Morgan fingerprint density at radius 3 is 2.62 bits per heavy atom. The monoisotopic (exact) mass is 221 g/mol. The van der Waals surface area contributed by atoms with E-state index in [2.05, 4.69) is 5.32 Å². The minimum atomic E-state index is -0.0591. The van der Waals surface area contributed by atoms with Crippen LogP contribution in [0.3, 0.4) is 0 Å². The minimum absolute atomic E-state index is 0.0591. The molecule has 1 aromatic carbocycles. The Balaban J connectivity index is 3.06. The van der Waals surface area contributed by atoms with Gasteiger partial charge in [-0.2, -0.15) is 0 Å². The maximum Gasteiger partial charge on any atom is 0.255 e. The summed E-state index contributed by atoms with van der Waals surface area (Å²) in [4.78, 5) is 11.9. The number of hydrogen-bond donors (Lipinski definition) is 1. The van der Waals surface area contributed by atoms with Gasteiger partial charge in [-0.1, -0.05) is 13.0 Å². The molecule has 0 aliphatic carbocycles. The first-order chi connectivity index (χ1) is 7.60. The van der Waals surface area contributed by atoms with E-state index in [-0.39, 0.29) is 5.91 Å². The third kappa shape index (κ3) is 2.75. The molecule has 0 atom stereocenters. The number of benzene rings is 1. The van der Waals surface area contributed by atoms with Crippen molar-refractivity contribution in [1.82, 2.24) is 5.32 Å². The Hall–Kier alpha value is -1.51. The lowest BCUT2D eigenvalue weighted by Gasteiger charge is -2.12. The van der Waals surface area contributed by atoms with E-state index in [4.69, 9.17) is 4.74 Å². The number of aryl methyl sites for hydroxylation is 2. The molecule has 0 saturated carbocycles. The molecule has 0 aromatic heterocycles. The number of ether oxygens (including phenoxy) is 1. The number of carbonyl (C=O) groups excluding carboxylic acids is 1. The van der Waals surface area contributed by atoms with E-state index in [9.17, 15) is 4.79 Å². The molecule has 88 valence electrons. The second-order valence-electron chi connectivity index (χ2n) is 3.91. The van der Waals surface area contributed by atoms with Crippen LogP contribution in [0.2, 0.25) is 0 Å². The Morgan fingerprint density at radius 1 is 1.38 bits per heavy atom. The van der Waals surface area contributed by atoms with Crippen LogP contribution in [0.1, 0.15) is 34.8 Å². The van der Waals surface area contributed by atoms with Crippen molar-refractivity contribution >= 4 is 5.91 Å². The molecular formula is C13H19NO2. The summed E-state index contributed by atoms with van der Waals surface area (Å²) in [5.74, 6) is 0.585. The fourth-order valence-electron chi connectivity index (χ4n) is 1.71. The highest BCUT2D eigenvalue weighted by atomic mass is 16.5. The zero-order valence-electron chi connectivity index (χ0n) is 10.4. The average Bonchev–Trinajstić information content (AvgIpc) is 2.24. The third-order valence-corrected chi connectivity index (χ3v) is 2.43. The molecule has 0 aliphatic rings. The van der Waals surface area contributed by atoms with Gasteiger partial charge in [0.2, 0.25) is 0 Å². The maximum atomic E-state index is 11.9. The van der Waals surface area contributed by atoms with Crippen molar-refractivity contribution in [2.75, 3.05) is 13.7 Å². The van der Waals surface area contributed by atoms with Crippen molar-refractivity contribution in [2.24, 2.45) is 0 Å². The van der Waals surface area contributed by atoms with Crippen molar-refractivity contribution in [1.29, 1.82) is 0 Å². The van der Waals surface area contributed by atoms with Gasteiger partial charge < -0.3 is 10.1 Å². The van der Waals surface area contributed by atoms with Crippen LogP contribution in [0.15, 0.2) is 12.1 Å². The summed E-state index contributed by atoms with van der Waals surface area (Å²) >= 11 is 0. The number of hydrogen-bond acceptors (Lipinski definition) is 2. The highest BCUT2D eigenvalue weighted by molar-refractivity contribution is 5.98. The van der Waals surface area contributed by atoms with E-state index in [1.54, 1.807) is 7.11 Å². The first-order valence-corrected chi connectivity index (χ1v) is 5.53. The van der Waals surface area contributed by atoms with Gasteiger partial charge in [0.25, 0.3) is 5.91 Å². The van der Waals surface area contributed by atoms with Gasteiger partial charge in [-0.15, -0.1) is 0 Å². The van der Waals surface area contributed by atoms with Gasteiger partial charge in [0.15, 0.2) is 0 Å². The smallest absolute Gasteiger partial charge is 0.255 e. The summed E-state index contributed by atoms with van der Waals surface area (Å²) in [6.07, 6.45) is 0.930. The largest absolute Gasteiger partial charge is 0.496 e. The molecule has 0 radical (unpaired) electrons. The lowest BCUT2D eigenvalue weighted by molar-refractivity contribution is 0.0950. The van der Waals surface area contributed by atoms with Gasteiger partial charge in [0.1, 0.15) is 5.75 Å². The van der Waals surface area contributed by atoms with Crippen molar-refractivity contribution < 1.29 is 9.53 Å². The normalized spacial score (nSPS) is 10.0. The van der Waals surface area contributed by atoms with Crippen LogP contribution in [0.5, 0.6) is 5.75 Å². The van der Waals surface area contributed by atoms with Gasteiger partial charge >= 0.3 is 0 Å². The Labute approximate surface area is 96.8 Å². The molecule has 0 spiro atoms. The summed E-state index contributed by atoms with van der Waals surface area (Å²) in [6, 6.07) is 3.87. The molecule has 0 fully saturated rings. The zero-order chi connectivity index (χ0) is 12.1. The number of methoxy groups -OCH3 is 1. The van der Waals surface area contributed by atoms with Crippen molar-refractivity contribution in [3.8, 4) is 5.75 Å². The van der Waals surface area contributed by atoms with Gasteiger partial charge in [-0.3, -0.25) is 4.79 Å². The van der Waals surface area contributed by atoms with Crippen LogP contribution < -0.4 is 10.1 Å². The number of nitrogens with one attached hydrogen (secondary N) is 1. The van der Waals surface area contributed by atoms with E-state index < -0.39 is 0 Å². The third-order valence-electron chi connectivity index (χ3n) is 2.43. The minimum Gasteiger partial charge on any atom is -0.496 e. The molecule has 3 nitrogen and oxygen atoms in total. The van der Waals surface area contributed by atoms with Crippen LogP contribution in [-0.2, 0) is 0 Å².